The number of thiocarbonyl (C=S) groups is 1. The number of carbonyl (C=O) groups excluding carboxylic acids is 1. The van der Waals surface area contributed by atoms with Crippen LogP contribution in [0.5, 0.6) is 11.5 Å². The van der Waals surface area contributed by atoms with Crippen LogP contribution in [-0.4, -0.2) is 30.2 Å². The predicted octanol–water partition coefficient (Wildman–Crippen LogP) is 2.24. The fourth-order valence-corrected chi connectivity index (χ4v) is 2.12. The van der Waals surface area contributed by atoms with Gasteiger partial charge in [0.15, 0.2) is 5.11 Å². The van der Waals surface area contributed by atoms with Crippen molar-refractivity contribution in [2.24, 2.45) is 0 Å². The van der Waals surface area contributed by atoms with Crippen molar-refractivity contribution >= 4 is 34.6 Å². The summed E-state index contributed by atoms with van der Waals surface area (Å²) in [6, 6.07) is 10.4. The second kappa shape index (κ2) is 8.62. The van der Waals surface area contributed by atoms with Gasteiger partial charge in [0.2, 0.25) is 0 Å². The molecule has 1 amide bonds. The highest BCUT2D eigenvalue weighted by molar-refractivity contribution is 7.80. The SMILES string of the molecule is COc1cc(OC)cc(C(=O)NNC(=S)Nc2ccc([N+](=O)[O-])cc2)c1. The maximum atomic E-state index is 12.2. The number of methoxy groups -OCH3 is 2. The van der Waals surface area contributed by atoms with Crippen molar-refractivity contribution in [1.29, 1.82) is 0 Å². The zero-order valence-corrected chi connectivity index (χ0v) is 14.8. The van der Waals surface area contributed by atoms with Gasteiger partial charge in [-0.25, -0.2) is 0 Å². The number of ether oxygens (including phenoxy) is 2. The number of nitro benzene ring substituents is 1. The van der Waals surface area contributed by atoms with Gasteiger partial charge in [-0.15, -0.1) is 0 Å². The number of amides is 1. The Morgan fingerprint density at radius 3 is 2.12 bits per heavy atom. The van der Waals surface area contributed by atoms with Gasteiger partial charge in [-0.2, -0.15) is 0 Å². The third-order valence-electron chi connectivity index (χ3n) is 3.24. The summed E-state index contributed by atoms with van der Waals surface area (Å²) in [6.07, 6.45) is 0. The van der Waals surface area contributed by atoms with Crippen molar-refractivity contribution in [1.82, 2.24) is 10.9 Å². The Morgan fingerprint density at radius 1 is 1.04 bits per heavy atom. The number of anilines is 1. The molecule has 0 saturated carbocycles. The maximum Gasteiger partial charge on any atom is 0.269 e. The van der Waals surface area contributed by atoms with Gasteiger partial charge in [0.25, 0.3) is 11.6 Å². The van der Waals surface area contributed by atoms with E-state index in [1.165, 1.54) is 38.5 Å². The van der Waals surface area contributed by atoms with E-state index >= 15 is 0 Å². The first kappa shape index (κ1) is 18.9. The fourth-order valence-electron chi connectivity index (χ4n) is 1.95. The van der Waals surface area contributed by atoms with E-state index in [0.717, 1.165) is 0 Å². The third kappa shape index (κ3) is 5.05. The normalized spacial score (nSPS) is 9.77. The molecule has 136 valence electrons. The van der Waals surface area contributed by atoms with Crippen LogP contribution >= 0.6 is 12.2 Å². The first-order valence-electron chi connectivity index (χ1n) is 7.28. The molecule has 0 aliphatic heterocycles. The second-order valence-electron chi connectivity index (χ2n) is 4.94. The lowest BCUT2D eigenvalue weighted by Crippen LogP contribution is -2.43. The van der Waals surface area contributed by atoms with Crippen LogP contribution in [0, 0.1) is 10.1 Å². The highest BCUT2D eigenvalue weighted by atomic mass is 32.1. The summed E-state index contributed by atoms with van der Waals surface area (Å²) in [5.74, 6) is 0.497. The van der Waals surface area contributed by atoms with E-state index in [-0.39, 0.29) is 10.8 Å². The maximum absolute atomic E-state index is 12.2. The molecule has 10 heteroatoms. The van der Waals surface area contributed by atoms with Gasteiger partial charge >= 0.3 is 0 Å². The van der Waals surface area contributed by atoms with Gasteiger partial charge in [-0.05, 0) is 36.5 Å². The Hall–Kier alpha value is -3.40. The third-order valence-corrected chi connectivity index (χ3v) is 3.44. The lowest BCUT2D eigenvalue weighted by molar-refractivity contribution is -0.384. The fraction of sp³-hybridized carbons (Fsp3) is 0.125. The topological polar surface area (TPSA) is 115 Å². The highest BCUT2D eigenvalue weighted by Gasteiger charge is 2.10. The molecule has 0 bridgehead atoms. The van der Waals surface area contributed by atoms with Gasteiger partial charge in [-0.1, -0.05) is 0 Å². The number of hydrogen-bond donors (Lipinski definition) is 3. The Kier molecular flexibility index (Phi) is 6.28. The summed E-state index contributed by atoms with van der Waals surface area (Å²) in [4.78, 5) is 22.3. The first-order valence-corrected chi connectivity index (χ1v) is 7.68. The van der Waals surface area contributed by atoms with Crippen molar-refractivity contribution in [3.05, 3.63) is 58.1 Å². The minimum Gasteiger partial charge on any atom is -0.497 e. The van der Waals surface area contributed by atoms with Gasteiger partial charge in [-0.3, -0.25) is 25.8 Å². The predicted molar refractivity (Wildman–Crippen MR) is 99.5 cm³/mol. The molecule has 0 radical (unpaired) electrons. The Labute approximate surface area is 154 Å². The number of benzene rings is 2. The molecule has 2 aromatic carbocycles. The first-order chi connectivity index (χ1) is 12.4. The van der Waals surface area contributed by atoms with E-state index in [2.05, 4.69) is 16.2 Å². The molecule has 0 saturated heterocycles. The number of hydrogen-bond acceptors (Lipinski definition) is 6. The average Bonchev–Trinajstić information content (AvgIpc) is 2.65. The van der Waals surface area contributed by atoms with Crippen molar-refractivity contribution in [3.8, 4) is 11.5 Å². The molecule has 0 aromatic heterocycles. The van der Waals surface area contributed by atoms with Crippen LogP contribution in [-0.2, 0) is 0 Å². The van der Waals surface area contributed by atoms with Crippen LogP contribution in [0.2, 0.25) is 0 Å². The van der Waals surface area contributed by atoms with Gasteiger partial charge in [0.05, 0.1) is 19.1 Å². The summed E-state index contributed by atoms with van der Waals surface area (Å²) in [6.45, 7) is 0. The average molecular weight is 376 g/mol. The van der Waals surface area contributed by atoms with Gasteiger partial charge < -0.3 is 14.8 Å². The van der Waals surface area contributed by atoms with Crippen LogP contribution in [0.3, 0.4) is 0 Å². The lowest BCUT2D eigenvalue weighted by atomic mass is 10.2. The molecule has 0 aliphatic rings. The smallest absolute Gasteiger partial charge is 0.269 e. The number of nitrogens with zero attached hydrogens (tertiary/aromatic N) is 1. The monoisotopic (exact) mass is 376 g/mol. The number of carbonyl (C=O) groups is 1. The van der Waals surface area contributed by atoms with E-state index in [9.17, 15) is 14.9 Å². The standard InChI is InChI=1S/C16H16N4O5S/c1-24-13-7-10(8-14(9-13)25-2)15(21)18-19-16(26)17-11-3-5-12(6-4-11)20(22)23/h3-9H,1-2H3,(H,18,21)(H2,17,19,26). The van der Waals surface area contributed by atoms with Gasteiger partial charge in [0.1, 0.15) is 11.5 Å². The minimum absolute atomic E-state index is 0.0327. The quantitative estimate of drug-likeness (QED) is 0.413. The summed E-state index contributed by atoms with van der Waals surface area (Å²) in [5.41, 5.74) is 5.80. The molecule has 9 nitrogen and oxygen atoms in total. The number of non-ortho nitro benzene ring substituents is 1. The van der Waals surface area contributed by atoms with Crippen molar-refractivity contribution < 1.29 is 19.2 Å². The molecular formula is C16H16N4O5S. The zero-order valence-electron chi connectivity index (χ0n) is 13.9. The van der Waals surface area contributed by atoms with Crippen LogP contribution < -0.4 is 25.6 Å². The summed E-state index contributed by atoms with van der Waals surface area (Å²) in [5, 5.41) is 13.5. The number of nitro groups is 1. The number of nitrogens with one attached hydrogen (secondary N) is 3. The van der Waals surface area contributed by atoms with Crippen LogP contribution in [0.1, 0.15) is 10.4 Å². The zero-order chi connectivity index (χ0) is 19.1. The van der Waals surface area contributed by atoms with E-state index in [4.69, 9.17) is 21.7 Å². The Bertz CT molecular complexity index is 804. The molecule has 0 aliphatic carbocycles. The summed E-state index contributed by atoms with van der Waals surface area (Å²) in [7, 11) is 2.97. The van der Waals surface area contributed by atoms with Crippen LogP contribution in [0.4, 0.5) is 11.4 Å². The lowest BCUT2D eigenvalue weighted by Gasteiger charge is -2.12. The molecule has 2 aromatic rings. The van der Waals surface area contributed by atoms with E-state index in [1.807, 2.05) is 0 Å². The Balaban J connectivity index is 1.94. The van der Waals surface area contributed by atoms with Crippen molar-refractivity contribution in [2.45, 2.75) is 0 Å². The van der Waals surface area contributed by atoms with Crippen molar-refractivity contribution in [2.75, 3.05) is 19.5 Å². The molecule has 0 unspecified atom stereocenters. The van der Waals surface area contributed by atoms with Crippen LogP contribution in [0.25, 0.3) is 0 Å². The van der Waals surface area contributed by atoms with Gasteiger partial charge in [0, 0.05) is 29.4 Å². The van der Waals surface area contributed by atoms with E-state index in [1.54, 1.807) is 18.2 Å². The highest BCUT2D eigenvalue weighted by Crippen LogP contribution is 2.22. The minimum atomic E-state index is -0.497. The molecule has 0 heterocycles. The number of rotatable bonds is 5. The molecule has 26 heavy (non-hydrogen) atoms. The molecule has 0 fully saturated rings. The molecule has 2 rings (SSSR count). The molecular weight excluding hydrogens is 360 g/mol. The van der Waals surface area contributed by atoms with Crippen LogP contribution in [0.15, 0.2) is 42.5 Å². The number of hydrazine groups is 1. The van der Waals surface area contributed by atoms with Crippen molar-refractivity contribution in [3.63, 3.8) is 0 Å². The molecule has 3 N–H and O–H groups in total. The summed E-state index contributed by atoms with van der Waals surface area (Å²) < 4.78 is 10.2. The summed E-state index contributed by atoms with van der Waals surface area (Å²) >= 11 is 5.07. The largest absolute Gasteiger partial charge is 0.497 e. The molecule has 0 atom stereocenters. The Morgan fingerprint density at radius 2 is 1.62 bits per heavy atom. The van der Waals surface area contributed by atoms with E-state index in [0.29, 0.717) is 22.7 Å². The second-order valence-corrected chi connectivity index (χ2v) is 5.35. The van der Waals surface area contributed by atoms with E-state index < -0.39 is 10.8 Å². The molecule has 0 spiro atoms.